The predicted molar refractivity (Wildman–Crippen MR) is 133 cm³/mol. The van der Waals surface area contributed by atoms with Gasteiger partial charge in [0.2, 0.25) is 5.88 Å². The molecule has 1 aliphatic rings. The Kier molecular flexibility index (Phi) is 6.07. The first-order chi connectivity index (χ1) is 16.5. The van der Waals surface area contributed by atoms with Gasteiger partial charge in [-0.3, -0.25) is 0 Å². The number of rotatable bonds is 5. The summed E-state index contributed by atoms with van der Waals surface area (Å²) in [5, 5.41) is 16.8. The molecule has 0 spiro atoms. The summed E-state index contributed by atoms with van der Waals surface area (Å²) in [7, 11) is 1.62. The fourth-order valence-corrected chi connectivity index (χ4v) is 5.41. The van der Waals surface area contributed by atoms with Crippen LogP contribution in [0.3, 0.4) is 0 Å². The Morgan fingerprint density at radius 3 is 2.59 bits per heavy atom. The van der Waals surface area contributed by atoms with E-state index in [1.165, 1.54) is 6.07 Å². The van der Waals surface area contributed by atoms with Gasteiger partial charge in [0.1, 0.15) is 5.82 Å². The van der Waals surface area contributed by atoms with E-state index >= 15 is 0 Å². The average Bonchev–Trinajstić information content (AvgIpc) is 2.84. The third kappa shape index (κ3) is 4.17. The first-order valence-corrected chi connectivity index (χ1v) is 11.7. The fourth-order valence-electron chi connectivity index (χ4n) is 5.41. The smallest absolute Gasteiger partial charge is 0.217 e. The number of aliphatic hydroxyl groups is 1. The van der Waals surface area contributed by atoms with Gasteiger partial charge in [0.15, 0.2) is 0 Å². The third-order valence-electron chi connectivity index (χ3n) is 7.00. The van der Waals surface area contributed by atoms with E-state index < -0.39 is 5.60 Å². The number of hydrogen-bond acceptors (Lipinski definition) is 4. The van der Waals surface area contributed by atoms with Gasteiger partial charge in [0.05, 0.1) is 18.2 Å². The Balaban J connectivity index is 1.64. The standard InChI is InChI=1S/C29H29FN2O2/c1-19-16-22(30)12-13-23(19)26-18-29(33,14-15-31-26)27(20-8-4-3-5-9-20)24-17-21-10-6-7-11-25(21)32-28(24)34-2/h3-13,16-17,26-27,31,33H,14-15,18H2,1-2H3. The number of aryl methyl sites for hydroxylation is 1. The van der Waals surface area contributed by atoms with Crippen LogP contribution >= 0.6 is 0 Å². The SMILES string of the molecule is COc1nc2ccccc2cc1C(c1ccccc1)C1(O)CCNC(c2ccc(F)cc2C)C1. The van der Waals surface area contributed by atoms with E-state index in [1.807, 2.05) is 55.5 Å². The number of halogens is 1. The number of benzene rings is 3. The monoisotopic (exact) mass is 456 g/mol. The molecule has 1 aliphatic heterocycles. The summed E-state index contributed by atoms with van der Waals surface area (Å²) in [5.41, 5.74) is 3.56. The van der Waals surface area contributed by atoms with Crippen LogP contribution in [0.4, 0.5) is 4.39 Å². The summed E-state index contributed by atoms with van der Waals surface area (Å²) in [6.45, 7) is 2.56. The van der Waals surface area contributed by atoms with Gasteiger partial charge in [-0.25, -0.2) is 9.37 Å². The molecule has 2 heterocycles. The molecule has 0 aliphatic carbocycles. The van der Waals surface area contributed by atoms with E-state index in [4.69, 9.17) is 9.72 Å². The Morgan fingerprint density at radius 2 is 1.82 bits per heavy atom. The molecule has 0 bridgehead atoms. The van der Waals surface area contributed by atoms with Crippen LogP contribution in [0.25, 0.3) is 10.9 Å². The number of methoxy groups -OCH3 is 1. The predicted octanol–water partition coefficient (Wildman–Crippen LogP) is 5.68. The van der Waals surface area contributed by atoms with Gasteiger partial charge in [0, 0.05) is 22.9 Å². The van der Waals surface area contributed by atoms with Crippen molar-refractivity contribution in [2.45, 2.75) is 37.3 Å². The molecule has 174 valence electrons. The zero-order valence-corrected chi connectivity index (χ0v) is 19.5. The number of pyridine rings is 1. The Morgan fingerprint density at radius 1 is 1.06 bits per heavy atom. The Bertz CT molecular complexity index is 1310. The minimum absolute atomic E-state index is 0.0926. The summed E-state index contributed by atoms with van der Waals surface area (Å²) in [6.07, 6.45) is 1.05. The molecule has 3 unspecified atom stereocenters. The lowest BCUT2D eigenvalue weighted by Gasteiger charge is -2.44. The number of aromatic nitrogens is 1. The zero-order valence-electron chi connectivity index (χ0n) is 19.5. The molecule has 0 saturated carbocycles. The summed E-state index contributed by atoms with van der Waals surface area (Å²) in [6, 6.07) is 24.9. The first-order valence-electron chi connectivity index (χ1n) is 11.7. The first kappa shape index (κ1) is 22.5. The lowest BCUT2D eigenvalue weighted by atomic mass is 9.70. The Labute approximate surface area is 199 Å². The average molecular weight is 457 g/mol. The van der Waals surface area contributed by atoms with E-state index in [0.717, 1.165) is 33.2 Å². The maximum absolute atomic E-state index is 13.8. The molecule has 4 aromatic rings. The van der Waals surface area contributed by atoms with Gasteiger partial charge >= 0.3 is 0 Å². The van der Waals surface area contributed by atoms with Crippen LogP contribution in [-0.4, -0.2) is 29.3 Å². The number of ether oxygens (including phenoxy) is 1. The van der Waals surface area contributed by atoms with Crippen LogP contribution in [-0.2, 0) is 0 Å². The highest BCUT2D eigenvalue weighted by molar-refractivity contribution is 5.80. The molecule has 5 heteroatoms. The van der Waals surface area contributed by atoms with Gasteiger partial charge in [-0.1, -0.05) is 54.6 Å². The summed E-state index contributed by atoms with van der Waals surface area (Å²) >= 11 is 0. The van der Waals surface area contributed by atoms with Crippen LogP contribution in [0.5, 0.6) is 5.88 Å². The number of fused-ring (bicyclic) bond motifs is 1. The number of nitrogens with zero attached hydrogens (tertiary/aromatic N) is 1. The van der Waals surface area contributed by atoms with Crippen molar-refractivity contribution in [3.8, 4) is 5.88 Å². The second-order valence-electron chi connectivity index (χ2n) is 9.19. The quantitative estimate of drug-likeness (QED) is 0.406. The number of piperidine rings is 1. The molecule has 1 aromatic heterocycles. The molecule has 1 fully saturated rings. The number of hydrogen-bond donors (Lipinski definition) is 2. The van der Waals surface area contributed by atoms with Gasteiger partial charge in [-0.2, -0.15) is 0 Å². The molecular formula is C29H29FN2O2. The second-order valence-corrected chi connectivity index (χ2v) is 9.19. The van der Waals surface area contributed by atoms with Crippen molar-refractivity contribution in [1.29, 1.82) is 0 Å². The van der Waals surface area contributed by atoms with Gasteiger partial charge in [-0.15, -0.1) is 0 Å². The topological polar surface area (TPSA) is 54.4 Å². The van der Waals surface area contributed by atoms with Crippen molar-refractivity contribution in [2.75, 3.05) is 13.7 Å². The summed E-state index contributed by atoms with van der Waals surface area (Å²) in [4.78, 5) is 4.78. The number of para-hydroxylation sites is 1. The Hall–Kier alpha value is -3.28. The maximum atomic E-state index is 13.8. The van der Waals surface area contributed by atoms with Crippen molar-refractivity contribution in [2.24, 2.45) is 0 Å². The normalized spacial score (nSPS) is 21.4. The van der Waals surface area contributed by atoms with Crippen molar-refractivity contribution in [1.82, 2.24) is 10.3 Å². The van der Waals surface area contributed by atoms with Gasteiger partial charge in [0.25, 0.3) is 0 Å². The van der Waals surface area contributed by atoms with Crippen molar-refractivity contribution in [3.05, 3.63) is 107 Å². The van der Waals surface area contributed by atoms with Gasteiger partial charge < -0.3 is 15.2 Å². The molecule has 0 radical (unpaired) electrons. The maximum Gasteiger partial charge on any atom is 0.217 e. The van der Waals surface area contributed by atoms with E-state index in [9.17, 15) is 9.50 Å². The summed E-state index contributed by atoms with van der Waals surface area (Å²) < 4.78 is 19.5. The molecule has 34 heavy (non-hydrogen) atoms. The van der Waals surface area contributed by atoms with E-state index in [-0.39, 0.29) is 17.8 Å². The lowest BCUT2D eigenvalue weighted by Crippen LogP contribution is -2.48. The van der Waals surface area contributed by atoms with Gasteiger partial charge in [-0.05, 0) is 67.3 Å². The van der Waals surface area contributed by atoms with Crippen LogP contribution in [0.1, 0.15) is 47.1 Å². The number of nitrogens with one attached hydrogen (secondary N) is 1. The van der Waals surface area contributed by atoms with E-state index in [1.54, 1.807) is 13.2 Å². The molecule has 3 aromatic carbocycles. The van der Waals surface area contributed by atoms with Crippen LogP contribution in [0, 0.1) is 12.7 Å². The van der Waals surface area contributed by atoms with Crippen LogP contribution in [0.15, 0.2) is 78.9 Å². The minimum Gasteiger partial charge on any atom is -0.481 e. The molecular weight excluding hydrogens is 427 g/mol. The van der Waals surface area contributed by atoms with Crippen LogP contribution in [0.2, 0.25) is 0 Å². The molecule has 3 atom stereocenters. The molecule has 5 rings (SSSR count). The van der Waals surface area contributed by atoms with E-state index in [0.29, 0.717) is 25.3 Å². The third-order valence-corrected chi connectivity index (χ3v) is 7.00. The zero-order chi connectivity index (χ0) is 23.7. The molecule has 0 amide bonds. The molecule has 2 N–H and O–H groups in total. The molecule has 1 saturated heterocycles. The highest BCUT2D eigenvalue weighted by Gasteiger charge is 2.44. The fraction of sp³-hybridized carbons (Fsp3) is 0.276. The minimum atomic E-state index is -1.06. The van der Waals surface area contributed by atoms with Crippen LogP contribution < -0.4 is 10.1 Å². The summed E-state index contributed by atoms with van der Waals surface area (Å²) in [5.74, 6) is -0.0680. The lowest BCUT2D eigenvalue weighted by molar-refractivity contribution is -0.0197. The van der Waals surface area contributed by atoms with Crippen molar-refractivity contribution in [3.63, 3.8) is 0 Å². The highest BCUT2D eigenvalue weighted by atomic mass is 19.1. The highest BCUT2D eigenvalue weighted by Crippen LogP contribution is 2.47. The second kappa shape index (κ2) is 9.16. The van der Waals surface area contributed by atoms with Crippen molar-refractivity contribution >= 4 is 10.9 Å². The largest absolute Gasteiger partial charge is 0.481 e. The molecule has 4 nitrogen and oxygen atoms in total. The van der Waals surface area contributed by atoms with E-state index in [2.05, 4.69) is 23.5 Å². The van der Waals surface area contributed by atoms with Crippen molar-refractivity contribution < 1.29 is 14.2 Å².